The quantitative estimate of drug-likeness (QED) is 0.819. The van der Waals surface area contributed by atoms with Crippen LogP contribution in [0.3, 0.4) is 0 Å². The molecule has 21 heavy (non-hydrogen) atoms. The van der Waals surface area contributed by atoms with Crippen molar-refractivity contribution in [2.45, 2.75) is 24.8 Å². The lowest BCUT2D eigenvalue weighted by Gasteiger charge is -2.23. The smallest absolute Gasteiger partial charge is 0.284 e. The molecule has 1 aromatic heterocycles. The summed E-state index contributed by atoms with van der Waals surface area (Å²) in [4.78, 5) is 3.94. The number of imidazole rings is 1. The van der Waals surface area contributed by atoms with E-state index in [0.29, 0.717) is 12.2 Å². The zero-order chi connectivity index (χ0) is 15.5. The second-order valence-electron chi connectivity index (χ2n) is 4.72. The highest BCUT2D eigenvalue weighted by Crippen LogP contribution is 2.27. The van der Waals surface area contributed by atoms with Gasteiger partial charge in [-0.05, 0) is 18.6 Å². The average molecular weight is 328 g/mol. The van der Waals surface area contributed by atoms with Gasteiger partial charge in [-0.2, -0.15) is 8.42 Å². The van der Waals surface area contributed by atoms with E-state index in [1.165, 1.54) is 15.2 Å². The van der Waals surface area contributed by atoms with Crippen LogP contribution in [0.15, 0.2) is 41.7 Å². The second kappa shape index (κ2) is 6.49. The van der Waals surface area contributed by atoms with E-state index in [1.54, 1.807) is 19.2 Å². The fourth-order valence-corrected chi connectivity index (χ4v) is 3.85. The van der Waals surface area contributed by atoms with E-state index in [1.807, 2.05) is 25.1 Å². The van der Waals surface area contributed by atoms with Crippen LogP contribution in [0, 0.1) is 0 Å². The third kappa shape index (κ3) is 3.22. The molecule has 0 spiro atoms. The number of hydrogen-bond acceptors (Lipinski definition) is 3. The number of rotatable bonds is 6. The van der Waals surface area contributed by atoms with E-state index in [4.69, 9.17) is 11.6 Å². The molecule has 0 saturated carbocycles. The van der Waals surface area contributed by atoms with E-state index < -0.39 is 10.0 Å². The summed E-state index contributed by atoms with van der Waals surface area (Å²) in [6.07, 6.45) is 3.06. The van der Waals surface area contributed by atoms with Crippen LogP contribution in [0.25, 0.3) is 0 Å². The van der Waals surface area contributed by atoms with Gasteiger partial charge in [0.15, 0.2) is 0 Å². The zero-order valence-corrected chi connectivity index (χ0v) is 13.6. The topological polar surface area (TPSA) is 55.2 Å². The highest BCUT2D eigenvalue weighted by Gasteiger charge is 2.29. The Bertz CT molecular complexity index is 698. The van der Waals surface area contributed by atoms with Crippen LogP contribution in [-0.4, -0.2) is 24.5 Å². The molecule has 1 aromatic carbocycles. The van der Waals surface area contributed by atoms with E-state index in [2.05, 4.69) is 4.98 Å². The van der Waals surface area contributed by atoms with E-state index >= 15 is 0 Å². The molecule has 5 nitrogen and oxygen atoms in total. The van der Waals surface area contributed by atoms with Crippen LogP contribution in [0.2, 0.25) is 5.15 Å². The lowest BCUT2D eigenvalue weighted by atomic mass is 10.3. The lowest BCUT2D eigenvalue weighted by molar-refractivity contribution is 0.585. The SMILES string of the molecule is CCCCN(c1ccccc1)S(=O)(=O)c1ncn(C)c1Cl. The lowest BCUT2D eigenvalue weighted by Crippen LogP contribution is -2.32. The minimum Gasteiger partial charge on any atom is -0.324 e. The fourth-order valence-electron chi connectivity index (χ4n) is 1.96. The normalized spacial score (nSPS) is 11.6. The Morgan fingerprint density at radius 3 is 2.48 bits per heavy atom. The zero-order valence-electron chi connectivity index (χ0n) is 12.0. The molecule has 2 aromatic rings. The summed E-state index contributed by atoms with van der Waals surface area (Å²) >= 11 is 6.05. The summed E-state index contributed by atoms with van der Waals surface area (Å²) in [5, 5.41) is 0.0130. The van der Waals surface area contributed by atoms with Gasteiger partial charge >= 0.3 is 0 Å². The van der Waals surface area contributed by atoms with Crippen molar-refractivity contribution in [1.29, 1.82) is 0 Å². The van der Waals surface area contributed by atoms with Crippen molar-refractivity contribution in [3.8, 4) is 0 Å². The minimum absolute atomic E-state index is 0.105. The van der Waals surface area contributed by atoms with Crippen LogP contribution < -0.4 is 4.31 Å². The highest BCUT2D eigenvalue weighted by molar-refractivity contribution is 7.92. The van der Waals surface area contributed by atoms with Gasteiger partial charge in [0.05, 0.1) is 12.0 Å². The molecule has 7 heteroatoms. The van der Waals surface area contributed by atoms with Gasteiger partial charge in [0.2, 0.25) is 5.03 Å². The summed E-state index contributed by atoms with van der Waals surface area (Å²) < 4.78 is 28.5. The number of aryl methyl sites for hydroxylation is 1. The van der Waals surface area contributed by atoms with Crippen molar-refractivity contribution in [1.82, 2.24) is 9.55 Å². The van der Waals surface area contributed by atoms with Crippen LogP contribution >= 0.6 is 11.6 Å². The molecule has 0 atom stereocenters. The minimum atomic E-state index is -3.77. The largest absolute Gasteiger partial charge is 0.324 e. The number of nitrogens with zero attached hydrogens (tertiary/aromatic N) is 3. The van der Waals surface area contributed by atoms with Gasteiger partial charge in [-0.1, -0.05) is 43.1 Å². The number of halogens is 1. The Labute approximate surface area is 130 Å². The summed E-state index contributed by atoms with van der Waals surface area (Å²) in [6, 6.07) is 9.00. The van der Waals surface area contributed by atoms with E-state index in [-0.39, 0.29) is 10.2 Å². The molecule has 0 saturated heterocycles. The van der Waals surface area contributed by atoms with Crippen molar-refractivity contribution in [2.24, 2.45) is 7.05 Å². The van der Waals surface area contributed by atoms with Gasteiger partial charge in [-0.3, -0.25) is 4.31 Å². The molecule has 2 rings (SSSR count). The Balaban J connectivity index is 2.47. The fraction of sp³-hybridized carbons (Fsp3) is 0.357. The summed E-state index contributed by atoms with van der Waals surface area (Å²) in [5.41, 5.74) is 0.618. The van der Waals surface area contributed by atoms with E-state index in [9.17, 15) is 8.42 Å². The number of sulfonamides is 1. The second-order valence-corrected chi connectivity index (χ2v) is 6.85. The van der Waals surface area contributed by atoms with E-state index in [0.717, 1.165) is 12.8 Å². The predicted molar refractivity (Wildman–Crippen MR) is 84.1 cm³/mol. The van der Waals surface area contributed by atoms with Gasteiger partial charge in [-0.25, -0.2) is 4.98 Å². The monoisotopic (exact) mass is 327 g/mol. The summed E-state index contributed by atoms with van der Waals surface area (Å²) in [6.45, 7) is 2.42. The van der Waals surface area contributed by atoms with Gasteiger partial charge in [-0.15, -0.1) is 0 Å². The number of unbranched alkanes of at least 4 members (excludes halogenated alkanes) is 1. The molecule has 0 aliphatic carbocycles. The molecule has 0 fully saturated rings. The number of aromatic nitrogens is 2. The van der Waals surface area contributed by atoms with Crippen LogP contribution in [-0.2, 0) is 17.1 Å². The predicted octanol–water partition coefficient (Wildman–Crippen LogP) is 3.07. The van der Waals surface area contributed by atoms with Crippen molar-refractivity contribution in [3.05, 3.63) is 41.8 Å². The third-order valence-electron chi connectivity index (χ3n) is 3.13. The standard InChI is InChI=1S/C14H18ClN3O2S/c1-3-4-10-18(12-8-6-5-7-9-12)21(19,20)14-13(15)17(2)11-16-14/h5-9,11H,3-4,10H2,1-2H3. The number of hydrogen-bond donors (Lipinski definition) is 0. The van der Waals surface area contributed by atoms with Crippen molar-refractivity contribution >= 4 is 27.3 Å². The molecule has 0 aliphatic rings. The van der Waals surface area contributed by atoms with Crippen LogP contribution in [0.5, 0.6) is 0 Å². The van der Waals surface area contributed by atoms with Crippen LogP contribution in [0.1, 0.15) is 19.8 Å². The maximum atomic E-state index is 12.8. The van der Waals surface area contributed by atoms with Gasteiger partial charge < -0.3 is 4.57 Å². The van der Waals surface area contributed by atoms with Gasteiger partial charge in [0.1, 0.15) is 5.15 Å². The van der Waals surface area contributed by atoms with Crippen molar-refractivity contribution < 1.29 is 8.42 Å². The molecule has 1 heterocycles. The number of anilines is 1. The first-order valence-corrected chi connectivity index (χ1v) is 8.55. The van der Waals surface area contributed by atoms with Crippen molar-refractivity contribution in [2.75, 3.05) is 10.8 Å². The summed E-state index contributed by atoms with van der Waals surface area (Å²) in [7, 11) is -2.11. The summed E-state index contributed by atoms with van der Waals surface area (Å²) in [5.74, 6) is 0. The molecule has 0 amide bonds. The number of para-hydroxylation sites is 1. The first-order chi connectivity index (χ1) is 9.98. The average Bonchev–Trinajstić information content (AvgIpc) is 2.81. The first kappa shape index (κ1) is 15.9. The maximum absolute atomic E-state index is 12.8. The molecular weight excluding hydrogens is 310 g/mol. The van der Waals surface area contributed by atoms with Crippen LogP contribution in [0.4, 0.5) is 5.69 Å². The van der Waals surface area contributed by atoms with Crippen molar-refractivity contribution in [3.63, 3.8) is 0 Å². The molecule has 0 N–H and O–H groups in total. The molecule has 0 bridgehead atoms. The Kier molecular flexibility index (Phi) is 4.90. The molecule has 0 radical (unpaired) electrons. The molecular formula is C14H18ClN3O2S. The Morgan fingerprint density at radius 2 is 1.95 bits per heavy atom. The molecule has 114 valence electrons. The maximum Gasteiger partial charge on any atom is 0.284 e. The van der Waals surface area contributed by atoms with Gasteiger partial charge in [0.25, 0.3) is 10.0 Å². The molecule has 0 aliphatic heterocycles. The molecule has 0 unspecified atom stereocenters. The van der Waals surface area contributed by atoms with Gasteiger partial charge in [0, 0.05) is 13.6 Å². The highest BCUT2D eigenvalue weighted by atomic mass is 35.5. The number of benzene rings is 1. The Hall–Kier alpha value is -1.53. The third-order valence-corrected chi connectivity index (χ3v) is 5.45. The first-order valence-electron chi connectivity index (χ1n) is 6.73. The Morgan fingerprint density at radius 1 is 1.29 bits per heavy atom.